The zero-order valence-electron chi connectivity index (χ0n) is 17.9. The number of aliphatic hydroxyl groups excluding tert-OH is 1. The first-order valence-corrected chi connectivity index (χ1v) is 9.48. The minimum atomic E-state index is -4.95. The number of rotatable bonds is 5. The van der Waals surface area contributed by atoms with E-state index in [2.05, 4.69) is 0 Å². The summed E-state index contributed by atoms with van der Waals surface area (Å²) < 4.78 is 62.0. The summed E-state index contributed by atoms with van der Waals surface area (Å²) in [4.78, 5) is 25.3. The molecule has 1 N–H and O–H groups in total. The molecular weight excluding hydrogens is 434 g/mol. The fraction of sp³-hybridized carbons (Fsp3) is 0.364. The molecule has 10 heteroatoms. The van der Waals surface area contributed by atoms with E-state index in [9.17, 15) is 32.3 Å². The number of carbonyl (C=O) groups excluding carboxylic acids is 2. The van der Waals surface area contributed by atoms with Crippen LogP contribution in [0.5, 0.6) is 5.75 Å². The van der Waals surface area contributed by atoms with E-state index >= 15 is 0 Å². The maximum atomic E-state index is 13.4. The molecule has 0 aromatic heterocycles. The Hall–Kier alpha value is -3.14. The number of hydrogen-bond acceptors (Lipinski definition) is 5. The molecule has 0 aliphatic carbocycles. The van der Waals surface area contributed by atoms with E-state index in [1.54, 1.807) is 20.8 Å². The van der Waals surface area contributed by atoms with Crippen molar-refractivity contribution in [3.8, 4) is 5.75 Å². The lowest BCUT2D eigenvalue weighted by molar-refractivity contribution is -0.140. The van der Waals surface area contributed by atoms with Crippen molar-refractivity contribution in [1.82, 2.24) is 4.90 Å². The molecule has 1 atom stereocenters. The van der Waals surface area contributed by atoms with Crippen LogP contribution < -0.4 is 4.74 Å². The summed E-state index contributed by atoms with van der Waals surface area (Å²) in [5.74, 6) is -2.60. The molecule has 1 unspecified atom stereocenters. The Balaban J connectivity index is 2.03. The predicted molar refractivity (Wildman–Crippen MR) is 107 cm³/mol. The van der Waals surface area contributed by atoms with Crippen molar-refractivity contribution in [2.75, 3.05) is 13.6 Å². The van der Waals surface area contributed by atoms with Crippen LogP contribution in [0.4, 0.5) is 22.4 Å². The maximum Gasteiger partial charge on any atom is 0.419 e. The molecule has 2 aromatic carbocycles. The number of hydrogen-bond donors (Lipinski definition) is 1. The van der Waals surface area contributed by atoms with Gasteiger partial charge in [-0.05, 0) is 56.7 Å². The Morgan fingerprint density at radius 1 is 1.06 bits per heavy atom. The first-order chi connectivity index (χ1) is 14.7. The molecule has 1 amide bonds. The maximum absolute atomic E-state index is 13.4. The highest BCUT2D eigenvalue weighted by atomic mass is 19.4. The summed E-state index contributed by atoms with van der Waals surface area (Å²) in [7, 11) is 1.46. The molecule has 174 valence electrons. The summed E-state index contributed by atoms with van der Waals surface area (Å²) in [5, 5.41) is 10.3. The van der Waals surface area contributed by atoms with E-state index in [1.807, 2.05) is 0 Å². The topological polar surface area (TPSA) is 76.1 Å². The summed E-state index contributed by atoms with van der Waals surface area (Å²) in [5.41, 5.74) is -2.32. The average molecular weight is 457 g/mol. The van der Waals surface area contributed by atoms with Crippen LogP contribution in [0.1, 0.15) is 48.4 Å². The quantitative estimate of drug-likeness (QED) is 0.390. The van der Waals surface area contributed by atoms with Crippen molar-refractivity contribution in [1.29, 1.82) is 0 Å². The standard InChI is InChI=1S/C22H23F4NO5/c1-21(2,3)32-20(30)27(4)12-18(28)13-5-8-15(9-6-13)31-19(29)14-7-10-17(23)16(11-14)22(24,25)26/h5-11,18,28H,12H2,1-4H3. The van der Waals surface area contributed by atoms with E-state index in [4.69, 9.17) is 9.47 Å². The number of nitrogens with zero attached hydrogens (tertiary/aromatic N) is 1. The lowest BCUT2D eigenvalue weighted by atomic mass is 10.1. The second-order valence-electron chi connectivity index (χ2n) is 8.03. The highest BCUT2D eigenvalue weighted by Gasteiger charge is 2.35. The third-order valence-electron chi connectivity index (χ3n) is 4.13. The van der Waals surface area contributed by atoms with Crippen molar-refractivity contribution in [2.24, 2.45) is 0 Å². The Labute approximate surface area is 182 Å². The third-order valence-corrected chi connectivity index (χ3v) is 4.13. The van der Waals surface area contributed by atoms with Crippen LogP contribution in [0.2, 0.25) is 0 Å². The van der Waals surface area contributed by atoms with Crippen molar-refractivity contribution >= 4 is 12.1 Å². The van der Waals surface area contributed by atoms with Gasteiger partial charge in [0.25, 0.3) is 0 Å². The van der Waals surface area contributed by atoms with Gasteiger partial charge in [-0.2, -0.15) is 13.2 Å². The van der Waals surface area contributed by atoms with Gasteiger partial charge in [-0.15, -0.1) is 0 Å². The number of aliphatic hydroxyl groups is 1. The number of halogens is 4. The number of carbonyl (C=O) groups is 2. The fourth-order valence-corrected chi connectivity index (χ4v) is 2.57. The molecule has 0 bridgehead atoms. The van der Waals surface area contributed by atoms with Gasteiger partial charge in [-0.25, -0.2) is 14.0 Å². The monoisotopic (exact) mass is 457 g/mol. The van der Waals surface area contributed by atoms with Gasteiger partial charge in [-0.1, -0.05) is 12.1 Å². The minimum absolute atomic E-state index is 0.00401. The normalized spacial score (nSPS) is 12.8. The van der Waals surface area contributed by atoms with Gasteiger partial charge in [0, 0.05) is 7.05 Å². The molecule has 2 rings (SSSR count). The predicted octanol–water partition coefficient (Wildman–Crippen LogP) is 4.96. The van der Waals surface area contributed by atoms with Crippen LogP contribution in [-0.4, -0.2) is 41.3 Å². The molecule has 0 aliphatic heterocycles. The molecule has 0 saturated heterocycles. The highest BCUT2D eigenvalue weighted by Crippen LogP contribution is 2.32. The second kappa shape index (κ2) is 9.56. The van der Waals surface area contributed by atoms with Crippen LogP contribution in [0, 0.1) is 5.82 Å². The minimum Gasteiger partial charge on any atom is -0.444 e. The zero-order chi connectivity index (χ0) is 24.3. The first-order valence-electron chi connectivity index (χ1n) is 9.48. The fourth-order valence-electron chi connectivity index (χ4n) is 2.57. The average Bonchev–Trinajstić information content (AvgIpc) is 2.66. The highest BCUT2D eigenvalue weighted by molar-refractivity contribution is 5.91. The number of ether oxygens (including phenoxy) is 2. The summed E-state index contributed by atoms with van der Waals surface area (Å²) in [6.45, 7) is 5.07. The Morgan fingerprint density at radius 2 is 1.66 bits per heavy atom. The molecule has 0 heterocycles. The smallest absolute Gasteiger partial charge is 0.419 e. The van der Waals surface area contributed by atoms with E-state index in [0.717, 1.165) is 6.07 Å². The van der Waals surface area contributed by atoms with Gasteiger partial charge in [-0.3, -0.25) is 0 Å². The summed E-state index contributed by atoms with van der Waals surface area (Å²) in [6.07, 6.45) is -6.63. The van der Waals surface area contributed by atoms with Crippen LogP contribution in [0.25, 0.3) is 0 Å². The summed E-state index contributed by atoms with van der Waals surface area (Å²) >= 11 is 0. The van der Waals surface area contributed by atoms with Gasteiger partial charge < -0.3 is 19.5 Å². The molecule has 32 heavy (non-hydrogen) atoms. The van der Waals surface area contributed by atoms with Crippen molar-refractivity contribution in [3.05, 3.63) is 65.0 Å². The van der Waals surface area contributed by atoms with E-state index in [-0.39, 0.29) is 12.3 Å². The molecule has 0 saturated carbocycles. The van der Waals surface area contributed by atoms with Crippen LogP contribution in [0.15, 0.2) is 42.5 Å². The molecule has 6 nitrogen and oxygen atoms in total. The molecular formula is C22H23F4NO5. The van der Waals surface area contributed by atoms with Crippen LogP contribution in [0.3, 0.4) is 0 Å². The van der Waals surface area contributed by atoms with Crippen LogP contribution in [-0.2, 0) is 10.9 Å². The third kappa shape index (κ3) is 6.94. The molecule has 0 radical (unpaired) electrons. The van der Waals surface area contributed by atoms with E-state index in [1.165, 1.54) is 36.2 Å². The van der Waals surface area contributed by atoms with Gasteiger partial charge >= 0.3 is 18.2 Å². The number of amides is 1. The Kier molecular flexibility index (Phi) is 7.50. The van der Waals surface area contributed by atoms with Crippen molar-refractivity contribution in [3.63, 3.8) is 0 Å². The Bertz CT molecular complexity index is 968. The zero-order valence-corrected chi connectivity index (χ0v) is 17.9. The van der Waals surface area contributed by atoms with Crippen molar-refractivity contribution in [2.45, 2.75) is 38.7 Å². The lowest BCUT2D eigenvalue weighted by Gasteiger charge is -2.26. The number of esters is 1. The van der Waals surface area contributed by atoms with E-state index in [0.29, 0.717) is 17.7 Å². The second-order valence-corrected chi connectivity index (χ2v) is 8.03. The Morgan fingerprint density at radius 3 is 2.19 bits per heavy atom. The first kappa shape index (κ1) is 25.1. The SMILES string of the molecule is CN(CC(O)c1ccc(OC(=O)c2ccc(F)c(C(F)(F)F)c2)cc1)C(=O)OC(C)(C)C. The molecule has 0 spiro atoms. The van der Waals surface area contributed by atoms with Crippen molar-refractivity contribution < 1.29 is 41.7 Å². The van der Waals surface area contributed by atoms with Crippen LogP contribution >= 0.6 is 0 Å². The lowest BCUT2D eigenvalue weighted by Crippen LogP contribution is -2.36. The van der Waals surface area contributed by atoms with Gasteiger partial charge in [0.1, 0.15) is 17.2 Å². The van der Waals surface area contributed by atoms with Gasteiger partial charge in [0.15, 0.2) is 0 Å². The van der Waals surface area contributed by atoms with Gasteiger partial charge in [0.05, 0.1) is 23.8 Å². The molecule has 0 fully saturated rings. The molecule has 0 aliphatic rings. The largest absolute Gasteiger partial charge is 0.444 e. The molecule has 2 aromatic rings. The number of benzene rings is 2. The van der Waals surface area contributed by atoms with E-state index < -0.39 is 46.9 Å². The number of alkyl halides is 3. The summed E-state index contributed by atoms with van der Waals surface area (Å²) in [6, 6.07) is 7.33. The number of likely N-dealkylation sites (N-methyl/N-ethyl adjacent to an activating group) is 1. The van der Waals surface area contributed by atoms with Gasteiger partial charge in [0.2, 0.25) is 0 Å².